The fourth-order valence-corrected chi connectivity index (χ4v) is 3.73. The molecule has 0 saturated carbocycles. The van der Waals surface area contributed by atoms with Crippen LogP contribution in [0.3, 0.4) is 0 Å². The first-order valence-electron chi connectivity index (χ1n) is 9.62. The molecule has 32 heavy (non-hydrogen) atoms. The number of rotatable bonds is 10. The lowest BCUT2D eigenvalue weighted by Crippen LogP contribution is -2.39. The molecule has 172 valence electrons. The zero-order valence-electron chi connectivity index (χ0n) is 17.9. The minimum absolute atomic E-state index is 0.0426. The molecule has 0 fully saturated rings. The molecule has 2 N–H and O–H groups in total. The predicted octanol–water partition coefficient (Wildman–Crippen LogP) is 2.11. The molecule has 0 spiro atoms. The monoisotopic (exact) mass is 572 g/mol. The van der Waals surface area contributed by atoms with Gasteiger partial charge in [0.05, 0.1) is 18.2 Å². The van der Waals surface area contributed by atoms with Crippen molar-refractivity contribution in [1.29, 1.82) is 0 Å². The highest BCUT2D eigenvalue weighted by Gasteiger charge is 2.20. The van der Waals surface area contributed by atoms with Gasteiger partial charge in [-0.2, -0.15) is 5.10 Å². The van der Waals surface area contributed by atoms with Crippen molar-refractivity contribution in [2.45, 2.75) is 19.9 Å². The lowest BCUT2D eigenvalue weighted by atomic mass is 10.2. The molecule has 9 nitrogen and oxygen atoms in total. The van der Waals surface area contributed by atoms with Crippen molar-refractivity contribution < 1.29 is 22.7 Å². The summed E-state index contributed by atoms with van der Waals surface area (Å²) in [6.45, 7) is 3.25. The third kappa shape index (κ3) is 8.83. The largest absolute Gasteiger partial charge is 0.484 e. The van der Waals surface area contributed by atoms with E-state index in [1.54, 1.807) is 48.5 Å². The van der Waals surface area contributed by atoms with Crippen LogP contribution < -0.4 is 19.8 Å². The summed E-state index contributed by atoms with van der Waals surface area (Å²) >= 11 is 2.11. The standard InChI is InChI=1S/C21H25IN4O5S/c1-15(2)24-21(28)14-31-19-10-4-16(5-11-19)12-23-25-20(27)13-26(32(3,29)30)18-8-6-17(22)7-9-18/h4-12,15H,13-14H2,1-3H3,(H,24,28)(H,25,27)/b23-12-. The zero-order chi connectivity index (χ0) is 23.7. The minimum Gasteiger partial charge on any atom is -0.484 e. The zero-order valence-corrected chi connectivity index (χ0v) is 20.9. The van der Waals surface area contributed by atoms with E-state index >= 15 is 0 Å². The van der Waals surface area contributed by atoms with Gasteiger partial charge in [0, 0.05) is 9.61 Å². The number of anilines is 1. The van der Waals surface area contributed by atoms with E-state index in [9.17, 15) is 18.0 Å². The van der Waals surface area contributed by atoms with Gasteiger partial charge in [0.1, 0.15) is 12.3 Å². The molecule has 2 aromatic carbocycles. The summed E-state index contributed by atoms with van der Waals surface area (Å²) in [7, 11) is -3.65. The summed E-state index contributed by atoms with van der Waals surface area (Å²) in [6.07, 6.45) is 2.46. The summed E-state index contributed by atoms with van der Waals surface area (Å²) in [5.41, 5.74) is 3.40. The third-order valence-corrected chi connectivity index (χ3v) is 5.76. The maximum atomic E-state index is 12.2. The van der Waals surface area contributed by atoms with E-state index in [0.717, 1.165) is 14.1 Å². The van der Waals surface area contributed by atoms with Gasteiger partial charge >= 0.3 is 0 Å². The molecule has 0 aromatic heterocycles. The van der Waals surface area contributed by atoms with Crippen LogP contribution in [0.2, 0.25) is 0 Å². The molecular formula is C21H25IN4O5S. The van der Waals surface area contributed by atoms with Crippen LogP contribution in [0.1, 0.15) is 19.4 Å². The Bertz CT molecular complexity index is 1050. The Morgan fingerprint density at radius 1 is 1.09 bits per heavy atom. The first-order chi connectivity index (χ1) is 15.0. The number of benzene rings is 2. The first kappa shape index (κ1) is 25.6. The highest BCUT2D eigenvalue weighted by atomic mass is 127. The molecule has 2 amide bonds. The van der Waals surface area contributed by atoms with Crippen LogP contribution in [0, 0.1) is 3.57 Å². The van der Waals surface area contributed by atoms with Crippen molar-refractivity contribution in [3.05, 3.63) is 57.7 Å². The van der Waals surface area contributed by atoms with Crippen LogP contribution in [0.25, 0.3) is 0 Å². The van der Waals surface area contributed by atoms with Crippen molar-refractivity contribution in [3.8, 4) is 5.75 Å². The van der Waals surface area contributed by atoms with E-state index in [-0.39, 0.29) is 18.6 Å². The molecule has 0 saturated heterocycles. The number of carbonyl (C=O) groups is 2. The van der Waals surface area contributed by atoms with Gasteiger partial charge in [0.2, 0.25) is 10.0 Å². The van der Waals surface area contributed by atoms with Crippen LogP contribution in [0.15, 0.2) is 53.6 Å². The van der Waals surface area contributed by atoms with E-state index < -0.39 is 22.5 Å². The van der Waals surface area contributed by atoms with Crippen molar-refractivity contribution in [2.75, 3.05) is 23.7 Å². The minimum atomic E-state index is -3.65. The second-order valence-electron chi connectivity index (χ2n) is 7.12. The fourth-order valence-electron chi connectivity index (χ4n) is 2.51. The number of nitrogens with zero attached hydrogens (tertiary/aromatic N) is 2. The lowest BCUT2D eigenvalue weighted by molar-refractivity contribution is -0.123. The molecule has 0 unspecified atom stereocenters. The maximum absolute atomic E-state index is 12.2. The Kier molecular flexibility index (Phi) is 9.44. The van der Waals surface area contributed by atoms with Crippen LogP contribution >= 0.6 is 22.6 Å². The Labute approximate surface area is 201 Å². The molecule has 0 aliphatic rings. The normalized spacial score (nSPS) is 11.4. The molecule has 0 atom stereocenters. The number of ether oxygens (including phenoxy) is 1. The van der Waals surface area contributed by atoms with E-state index in [1.807, 2.05) is 13.8 Å². The number of nitrogens with one attached hydrogen (secondary N) is 2. The molecule has 0 aliphatic carbocycles. The molecule has 0 radical (unpaired) electrons. The average molecular weight is 572 g/mol. The summed E-state index contributed by atoms with van der Waals surface area (Å²) in [5, 5.41) is 6.60. The second-order valence-corrected chi connectivity index (χ2v) is 10.3. The Morgan fingerprint density at radius 3 is 2.28 bits per heavy atom. The van der Waals surface area contributed by atoms with Crippen molar-refractivity contribution in [1.82, 2.24) is 10.7 Å². The van der Waals surface area contributed by atoms with Crippen LogP contribution in [0.5, 0.6) is 5.75 Å². The first-order valence-corrected chi connectivity index (χ1v) is 12.5. The van der Waals surface area contributed by atoms with E-state index in [4.69, 9.17) is 4.74 Å². The number of hydrogen-bond acceptors (Lipinski definition) is 6. The third-order valence-electron chi connectivity index (χ3n) is 3.90. The number of halogens is 1. The molecule has 0 bridgehead atoms. The average Bonchev–Trinajstić information content (AvgIpc) is 2.71. The van der Waals surface area contributed by atoms with E-state index in [0.29, 0.717) is 17.0 Å². The van der Waals surface area contributed by atoms with Crippen LogP contribution in [-0.4, -0.2) is 51.9 Å². The number of carbonyl (C=O) groups excluding carboxylic acids is 2. The van der Waals surface area contributed by atoms with Crippen molar-refractivity contribution >= 4 is 56.3 Å². The Morgan fingerprint density at radius 2 is 1.72 bits per heavy atom. The highest BCUT2D eigenvalue weighted by molar-refractivity contribution is 14.1. The fraction of sp³-hybridized carbons (Fsp3) is 0.286. The van der Waals surface area contributed by atoms with Gasteiger partial charge in [-0.15, -0.1) is 0 Å². The molecule has 11 heteroatoms. The van der Waals surface area contributed by atoms with Gasteiger partial charge in [0.25, 0.3) is 11.8 Å². The smallest absolute Gasteiger partial charge is 0.260 e. The van der Waals surface area contributed by atoms with Crippen molar-refractivity contribution in [2.24, 2.45) is 5.10 Å². The van der Waals surface area contributed by atoms with Gasteiger partial charge in [-0.05, 0) is 90.5 Å². The van der Waals surface area contributed by atoms with Crippen LogP contribution in [-0.2, 0) is 19.6 Å². The molecular weight excluding hydrogens is 547 g/mol. The number of amides is 2. The maximum Gasteiger partial charge on any atom is 0.260 e. The molecule has 2 rings (SSSR count). The second kappa shape index (κ2) is 11.8. The van der Waals surface area contributed by atoms with E-state index in [2.05, 4.69) is 38.4 Å². The predicted molar refractivity (Wildman–Crippen MR) is 132 cm³/mol. The topological polar surface area (TPSA) is 117 Å². The highest BCUT2D eigenvalue weighted by Crippen LogP contribution is 2.18. The number of sulfonamides is 1. The Hall–Kier alpha value is -2.67. The summed E-state index contributed by atoms with van der Waals surface area (Å²) in [4.78, 5) is 23.8. The number of hydrogen-bond donors (Lipinski definition) is 2. The van der Waals surface area contributed by atoms with Crippen LogP contribution in [0.4, 0.5) is 5.69 Å². The van der Waals surface area contributed by atoms with Gasteiger partial charge in [-0.3, -0.25) is 13.9 Å². The SMILES string of the molecule is CC(C)NC(=O)COc1ccc(/C=N\NC(=O)CN(c2ccc(I)cc2)S(C)(=O)=O)cc1. The quantitative estimate of drug-likeness (QED) is 0.257. The van der Waals surface area contributed by atoms with E-state index in [1.165, 1.54) is 6.21 Å². The summed E-state index contributed by atoms with van der Waals surface area (Å²) < 4.78 is 31.6. The summed E-state index contributed by atoms with van der Waals surface area (Å²) in [6, 6.07) is 13.6. The molecule has 0 aliphatic heterocycles. The lowest BCUT2D eigenvalue weighted by Gasteiger charge is -2.21. The van der Waals surface area contributed by atoms with Crippen molar-refractivity contribution in [3.63, 3.8) is 0 Å². The van der Waals surface area contributed by atoms with Gasteiger partial charge in [-0.1, -0.05) is 0 Å². The van der Waals surface area contributed by atoms with Gasteiger partial charge < -0.3 is 10.1 Å². The van der Waals surface area contributed by atoms with Gasteiger partial charge in [0.15, 0.2) is 6.61 Å². The van der Waals surface area contributed by atoms with Gasteiger partial charge in [-0.25, -0.2) is 13.8 Å². The Balaban J connectivity index is 1.90. The summed E-state index contributed by atoms with van der Waals surface area (Å²) in [5.74, 6) is -0.269. The molecule has 2 aromatic rings. The number of hydrazone groups is 1. The molecule has 0 heterocycles.